The first-order valence-corrected chi connectivity index (χ1v) is 9.48. The van der Waals surface area contributed by atoms with Gasteiger partial charge in [-0.3, -0.25) is 9.59 Å². The normalized spacial score (nSPS) is 10.2. The Balaban J connectivity index is 1.48. The van der Waals surface area contributed by atoms with Crippen molar-refractivity contribution in [3.63, 3.8) is 0 Å². The molecule has 29 heavy (non-hydrogen) atoms. The maximum atomic E-state index is 12.1. The molecule has 3 aromatic carbocycles. The van der Waals surface area contributed by atoms with Crippen LogP contribution in [-0.4, -0.2) is 18.4 Å². The number of benzene rings is 3. The number of rotatable bonds is 8. The standard InChI is InChI=1S/C24H24N2O3/c1-18-11-13-19(14-12-18)24(28)26-16-23(27)25-15-20-7-5-6-8-21(20)17-29-22-9-3-2-4-10-22/h2-14H,15-17H2,1H3,(H,25,27)(H,26,28). The lowest BCUT2D eigenvalue weighted by Gasteiger charge is -2.12. The van der Waals surface area contributed by atoms with E-state index in [0.29, 0.717) is 18.7 Å². The Kier molecular flexibility index (Phi) is 7.00. The number of aryl methyl sites for hydroxylation is 1. The van der Waals surface area contributed by atoms with Crippen LogP contribution in [0, 0.1) is 6.92 Å². The quantitative estimate of drug-likeness (QED) is 0.619. The van der Waals surface area contributed by atoms with E-state index < -0.39 is 0 Å². The molecule has 0 heterocycles. The van der Waals surface area contributed by atoms with E-state index in [4.69, 9.17) is 4.74 Å². The summed E-state index contributed by atoms with van der Waals surface area (Å²) in [6, 6.07) is 24.6. The fraction of sp³-hybridized carbons (Fsp3) is 0.167. The fourth-order valence-electron chi connectivity index (χ4n) is 2.77. The number of amides is 2. The molecule has 0 aromatic heterocycles. The van der Waals surface area contributed by atoms with Gasteiger partial charge in [-0.05, 0) is 42.3 Å². The molecule has 0 unspecified atom stereocenters. The van der Waals surface area contributed by atoms with Crippen molar-refractivity contribution in [1.82, 2.24) is 10.6 Å². The molecular weight excluding hydrogens is 364 g/mol. The highest BCUT2D eigenvalue weighted by atomic mass is 16.5. The molecule has 5 nitrogen and oxygen atoms in total. The van der Waals surface area contributed by atoms with Crippen LogP contribution in [0.25, 0.3) is 0 Å². The molecule has 5 heteroatoms. The highest BCUT2D eigenvalue weighted by Gasteiger charge is 2.09. The topological polar surface area (TPSA) is 67.4 Å². The molecular formula is C24H24N2O3. The number of nitrogens with one attached hydrogen (secondary N) is 2. The average molecular weight is 388 g/mol. The Morgan fingerprint density at radius 2 is 1.45 bits per heavy atom. The van der Waals surface area contributed by atoms with E-state index in [2.05, 4.69) is 10.6 Å². The van der Waals surface area contributed by atoms with Crippen molar-refractivity contribution in [3.05, 3.63) is 101 Å². The van der Waals surface area contributed by atoms with Gasteiger partial charge in [0.15, 0.2) is 0 Å². The molecule has 0 fully saturated rings. The van der Waals surface area contributed by atoms with Crippen LogP contribution in [0.2, 0.25) is 0 Å². The van der Waals surface area contributed by atoms with Gasteiger partial charge in [-0.15, -0.1) is 0 Å². The fourth-order valence-corrected chi connectivity index (χ4v) is 2.77. The van der Waals surface area contributed by atoms with Crippen molar-refractivity contribution in [2.24, 2.45) is 0 Å². The van der Waals surface area contributed by atoms with Gasteiger partial charge in [0.05, 0.1) is 6.54 Å². The summed E-state index contributed by atoms with van der Waals surface area (Å²) in [6.45, 7) is 2.67. The third-order valence-corrected chi connectivity index (χ3v) is 4.46. The molecule has 0 aliphatic carbocycles. The molecule has 0 spiro atoms. The van der Waals surface area contributed by atoms with Crippen LogP contribution >= 0.6 is 0 Å². The van der Waals surface area contributed by atoms with Crippen molar-refractivity contribution < 1.29 is 14.3 Å². The van der Waals surface area contributed by atoms with Crippen LogP contribution in [0.4, 0.5) is 0 Å². The lowest BCUT2D eigenvalue weighted by atomic mass is 10.1. The van der Waals surface area contributed by atoms with Gasteiger partial charge >= 0.3 is 0 Å². The number of hydrogen-bond acceptors (Lipinski definition) is 3. The molecule has 3 aromatic rings. The minimum Gasteiger partial charge on any atom is -0.489 e. The van der Waals surface area contributed by atoms with E-state index >= 15 is 0 Å². The van der Waals surface area contributed by atoms with Crippen molar-refractivity contribution in [2.45, 2.75) is 20.1 Å². The summed E-state index contributed by atoms with van der Waals surface area (Å²) in [4.78, 5) is 24.2. The minimum absolute atomic E-state index is 0.0740. The first-order chi connectivity index (χ1) is 14.1. The lowest BCUT2D eigenvalue weighted by Crippen LogP contribution is -2.36. The number of carbonyl (C=O) groups excluding carboxylic acids is 2. The highest BCUT2D eigenvalue weighted by Crippen LogP contribution is 2.14. The molecule has 0 atom stereocenters. The Morgan fingerprint density at radius 3 is 2.17 bits per heavy atom. The zero-order valence-electron chi connectivity index (χ0n) is 16.4. The van der Waals surface area contributed by atoms with Crippen molar-refractivity contribution in [2.75, 3.05) is 6.54 Å². The summed E-state index contributed by atoms with van der Waals surface area (Å²) in [5, 5.41) is 5.48. The predicted octanol–water partition coefficient (Wildman–Crippen LogP) is 3.62. The second-order valence-corrected chi connectivity index (χ2v) is 6.70. The van der Waals surface area contributed by atoms with Gasteiger partial charge in [-0.1, -0.05) is 60.2 Å². The molecule has 2 N–H and O–H groups in total. The van der Waals surface area contributed by atoms with Crippen LogP contribution in [-0.2, 0) is 17.9 Å². The van der Waals surface area contributed by atoms with Gasteiger partial charge in [0.2, 0.25) is 5.91 Å². The van der Waals surface area contributed by atoms with E-state index in [1.54, 1.807) is 12.1 Å². The van der Waals surface area contributed by atoms with Crippen molar-refractivity contribution in [3.8, 4) is 5.75 Å². The number of carbonyl (C=O) groups is 2. The first-order valence-electron chi connectivity index (χ1n) is 9.48. The summed E-state index contributed by atoms with van der Waals surface area (Å²) >= 11 is 0. The van der Waals surface area contributed by atoms with Gasteiger partial charge in [0.1, 0.15) is 12.4 Å². The van der Waals surface area contributed by atoms with Crippen LogP contribution in [0.1, 0.15) is 27.0 Å². The van der Waals surface area contributed by atoms with Crippen LogP contribution < -0.4 is 15.4 Å². The predicted molar refractivity (Wildman–Crippen MR) is 113 cm³/mol. The van der Waals surface area contributed by atoms with E-state index in [-0.39, 0.29) is 18.4 Å². The van der Waals surface area contributed by atoms with Crippen molar-refractivity contribution in [1.29, 1.82) is 0 Å². The van der Waals surface area contributed by atoms with Crippen LogP contribution in [0.3, 0.4) is 0 Å². The minimum atomic E-state index is -0.267. The number of hydrogen-bond donors (Lipinski definition) is 2. The molecule has 0 saturated carbocycles. The molecule has 0 radical (unpaired) electrons. The summed E-state index contributed by atoms with van der Waals surface area (Å²) in [5.74, 6) is 0.284. The average Bonchev–Trinajstić information content (AvgIpc) is 2.76. The number of ether oxygens (including phenoxy) is 1. The van der Waals surface area contributed by atoms with Crippen LogP contribution in [0.5, 0.6) is 5.75 Å². The monoisotopic (exact) mass is 388 g/mol. The molecule has 2 amide bonds. The summed E-state index contributed by atoms with van der Waals surface area (Å²) < 4.78 is 5.81. The summed E-state index contributed by atoms with van der Waals surface area (Å²) in [5.41, 5.74) is 3.59. The van der Waals surface area contributed by atoms with Crippen molar-refractivity contribution >= 4 is 11.8 Å². The molecule has 0 bridgehead atoms. The zero-order chi connectivity index (χ0) is 20.5. The Hall–Kier alpha value is -3.60. The second kappa shape index (κ2) is 10.1. The number of para-hydroxylation sites is 1. The smallest absolute Gasteiger partial charge is 0.251 e. The molecule has 0 aliphatic rings. The molecule has 0 aliphatic heterocycles. The highest BCUT2D eigenvalue weighted by molar-refractivity contribution is 5.96. The van der Waals surface area contributed by atoms with E-state index in [1.807, 2.05) is 73.7 Å². The van der Waals surface area contributed by atoms with E-state index in [9.17, 15) is 9.59 Å². The van der Waals surface area contributed by atoms with Gasteiger partial charge in [0, 0.05) is 12.1 Å². The Labute approximate surface area is 170 Å². The Bertz CT molecular complexity index is 953. The maximum absolute atomic E-state index is 12.1. The van der Waals surface area contributed by atoms with Gasteiger partial charge in [-0.25, -0.2) is 0 Å². The zero-order valence-corrected chi connectivity index (χ0v) is 16.4. The van der Waals surface area contributed by atoms with E-state index in [0.717, 1.165) is 22.4 Å². The first kappa shape index (κ1) is 20.1. The molecule has 3 rings (SSSR count). The van der Waals surface area contributed by atoms with Gasteiger partial charge < -0.3 is 15.4 Å². The lowest BCUT2D eigenvalue weighted by molar-refractivity contribution is -0.120. The van der Waals surface area contributed by atoms with Gasteiger partial charge in [0.25, 0.3) is 5.91 Å². The van der Waals surface area contributed by atoms with Gasteiger partial charge in [-0.2, -0.15) is 0 Å². The molecule has 0 saturated heterocycles. The Morgan fingerprint density at radius 1 is 0.793 bits per heavy atom. The third kappa shape index (κ3) is 6.21. The SMILES string of the molecule is Cc1ccc(C(=O)NCC(=O)NCc2ccccc2COc2ccccc2)cc1. The summed E-state index contributed by atoms with van der Waals surface area (Å²) in [6.07, 6.45) is 0. The second-order valence-electron chi connectivity index (χ2n) is 6.70. The largest absolute Gasteiger partial charge is 0.489 e. The maximum Gasteiger partial charge on any atom is 0.251 e. The summed E-state index contributed by atoms with van der Waals surface area (Å²) in [7, 11) is 0. The van der Waals surface area contributed by atoms with E-state index in [1.165, 1.54) is 0 Å². The van der Waals surface area contributed by atoms with Crippen LogP contribution in [0.15, 0.2) is 78.9 Å². The third-order valence-electron chi connectivity index (χ3n) is 4.46. The molecule has 148 valence electrons.